The molecule has 0 aromatic carbocycles. The monoisotopic (exact) mass is 239 g/mol. The van der Waals surface area contributed by atoms with Crippen LogP contribution >= 0.6 is 11.8 Å². The summed E-state index contributed by atoms with van der Waals surface area (Å²) in [6.45, 7) is 8.14. The third kappa shape index (κ3) is 4.94. The van der Waals surface area contributed by atoms with Crippen LogP contribution in [0.3, 0.4) is 0 Å². The maximum absolute atomic E-state index is 4.55. The molecule has 1 aromatic heterocycles. The SMILES string of the molecule is CCCSCc1nc(C)cc(CNCC)n1. The van der Waals surface area contributed by atoms with Crippen LogP contribution in [0.4, 0.5) is 0 Å². The molecule has 0 fully saturated rings. The molecule has 0 aliphatic carbocycles. The fraction of sp³-hybridized carbons (Fsp3) is 0.667. The summed E-state index contributed by atoms with van der Waals surface area (Å²) in [5, 5.41) is 3.29. The summed E-state index contributed by atoms with van der Waals surface area (Å²) in [6, 6.07) is 2.05. The van der Waals surface area contributed by atoms with Crippen molar-refractivity contribution < 1.29 is 0 Å². The minimum absolute atomic E-state index is 0.839. The second-order valence-electron chi connectivity index (χ2n) is 3.75. The van der Waals surface area contributed by atoms with Crippen LogP contribution < -0.4 is 5.32 Å². The first kappa shape index (κ1) is 13.5. The van der Waals surface area contributed by atoms with Crippen LogP contribution in [-0.4, -0.2) is 22.3 Å². The van der Waals surface area contributed by atoms with E-state index in [0.717, 1.165) is 36.1 Å². The summed E-state index contributed by atoms with van der Waals surface area (Å²) >= 11 is 1.90. The Bertz CT molecular complexity index is 315. The van der Waals surface area contributed by atoms with Gasteiger partial charge in [0.2, 0.25) is 0 Å². The van der Waals surface area contributed by atoms with Gasteiger partial charge in [0.25, 0.3) is 0 Å². The van der Waals surface area contributed by atoms with Gasteiger partial charge >= 0.3 is 0 Å². The normalized spacial score (nSPS) is 10.7. The minimum atomic E-state index is 0.839. The zero-order valence-corrected chi connectivity index (χ0v) is 11.2. The quantitative estimate of drug-likeness (QED) is 0.742. The number of nitrogens with one attached hydrogen (secondary N) is 1. The molecule has 1 rings (SSSR count). The number of hydrogen-bond acceptors (Lipinski definition) is 4. The lowest BCUT2D eigenvalue weighted by Crippen LogP contribution is -2.14. The number of aryl methyl sites for hydroxylation is 1. The molecular formula is C12H21N3S. The molecule has 1 heterocycles. The first-order valence-electron chi connectivity index (χ1n) is 5.88. The first-order chi connectivity index (χ1) is 7.76. The number of aromatic nitrogens is 2. The van der Waals surface area contributed by atoms with E-state index in [1.807, 2.05) is 18.7 Å². The predicted octanol–water partition coefficient (Wildman–Crippen LogP) is 2.54. The Kier molecular flexibility index (Phi) is 6.42. The molecule has 0 saturated carbocycles. The number of thioether (sulfide) groups is 1. The molecule has 90 valence electrons. The zero-order chi connectivity index (χ0) is 11.8. The first-order valence-corrected chi connectivity index (χ1v) is 7.03. The zero-order valence-electron chi connectivity index (χ0n) is 10.4. The van der Waals surface area contributed by atoms with Crippen LogP contribution in [0.25, 0.3) is 0 Å². The summed E-state index contributed by atoms with van der Waals surface area (Å²) in [4.78, 5) is 9.00. The predicted molar refractivity (Wildman–Crippen MR) is 70.6 cm³/mol. The molecule has 0 aliphatic rings. The molecule has 0 radical (unpaired) electrons. The summed E-state index contributed by atoms with van der Waals surface area (Å²) in [6.07, 6.45) is 1.21. The molecule has 4 heteroatoms. The van der Waals surface area contributed by atoms with Crippen LogP contribution in [0, 0.1) is 6.92 Å². The highest BCUT2D eigenvalue weighted by molar-refractivity contribution is 7.98. The Morgan fingerprint density at radius 1 is 1.31 bits per heavy atom. The van der Waals surface area contributed by atoms with Gasteiger partial charge < -0.3 is 5.32 Å². The van der Waals surface area contributed by atoms with Gasteiger partial charge in [0, 0.05) is 12.2 Å². The smallest absolute Gasteiger partial charge is 0.138 e. The van der Waals surface area contributed by atoms with Crippen molar-refractivity contribution in [1.82, 2.24) is 15.3 Å². The van der Waals surface area contributed by atoms with Crippen molar-refractivity contribution >= 4 is 11.8 Å². The Hall–Kier alpha value is -0.610. The van der Waals surface area contributed by atoms with E-state index >= 15 is 0 Å². The second kappa shape index (κ2) is 7.63. The number of rotatable bonds is 7. The van der Waals surface area contributed by atoms with E-state index in [4.69, 9.17) is 0 Å². The topological polar surface area (TPSA) is 37.8 Å². The molecule has 0 bridgehead atoms. The number of nitrogens with zero attached hydrogens (tertiary/aromatic N) is 2. The van der Waals surface area contributed by atoms with Crippen LogP contribution in [0.5, 0.6) is 0 Å². The van der Waals surface area contributed by atoms with E-state index in [-0.39, 0.29) is 0 Å². The average molecular weight is 239 g/mol. The van der Waals surface area contributed by atoms with E-state index in [1.165, 1.54) is 12.2 Å². The van der Waals surface area contributed by atoms with Crippen LogP contribution in [0.2, 0.25) is 0 Å². The van der Waals surface area contributed by atoms with Gasteiger partial charge in [-0.05, 0) is 31.7 Å². The third-order valence-electron chi connectivity index (χ3n) is 2.09. The largest absolute Gasteiger partial charge is 0.311 e. The molecule has 0 spiro atoms. The van der Waals surface area contributed by atoms with Gasteiger partial charge in [0.1, 0.15) is 5.82 Å². The van der Waals surface area contributed by atoms with Crippen molar-refractivity contribution in [3.63, 3.8) is 0 Å². The lowest BCUT2D eigenvalue weighted by molar-refractivity contribution is 0.702. The standard InChI is InChI=1S/C12H21N3S/c1-4-6-16-9-12-14-10(3)7-11(15-12)8-13-5-2/h7,13H,4-6,8-9H2,1-3H3. The Morgan fingerprint density at radius 2 is 2.12 bits per heavy atom. The van der Waals surface area contributed by atoms with Crippen molar-refractivity contribution in [1.29, 1.82) is 0 Å². The summed E-state index contributed by atoms with van der Waals surface area (Å²) in [7, 11) is 0. The van der Waals surface area contributed by atoms with E-state index in [9.17, 15) is 0 Å². The molecule has 16 heavy (non-hydrogen) atoms. The van der Waals surface area contributed by atoms with Crippen molar-refractivity contribution in [2.24, 2.45) is 0 Å². The van der Waals surface area contributed by atoms with Gasteiger partial charge in [-0.1, -0.05) is 13.8 Å². The van der Waals surface area contributed by atoms with Crippen LogP contribution in [0.1, 0.15) is 37.5 Å². The van der Waals surface area contributed by atoms with Crippen molar-refractivity contribution in [2.75, 3.05) is 12.3 Å². The molecular weight excluding hydrogens is 218 g/mol. The lowest BCUT2D eigenvalue weighted by Gasteiger charge is -2.06. The molecule has 3 nitrogen and oxygen atoms in total. The lowest BCUT2D eigenvalue weighted by atomic mass is 10.3. The highest BCUT2D eigenvalue weighted by Gasteiger charge is 2.02. The van der Waals surface area contributed by atoms with Gasteiger partial charge in [-0.2, -0.15) is 11.8 Å². The molecule has 1 aromatic rings. The highest BCUT2D eigenvalue weighted by atomic mass is 32.2. The minimum Gasteiger partial charge on any atom is -0.311 e. The molecule has 0 unspecified atom stereocenters. The van der Waals surface area contributed by atoms with Crippen molar-refractivity contribution in [3.8, 4) is 0 Å². The van der Waals surface area contributed by atoms with Crippen LogP contribution in [0.15, 0.2) is 6.07 Å². The Labute approximate surface area is 102 Å². The Balaban J connectivity index is 2.58. The highest BCUT2D eigenvalue weighted by Crippen LogP contribution is 2.10. The van der Waals surface area contributed by atoms with E-state index in [2.05, 4.69) is 35.2 Å². The summed E-state index contributed by atoms with van der Waals surface area (Å²) in [5.41, 5.74) is 2.16. The average Bonchev–Trinajstić information content (AvgIpc) is 2.26. The van der Waals surface area contributed by atoms with E-state index in [0.29, 0.717) is 0 Å². The molecule has 0 aliphatic heterocycles. The van der Waals surface area contributed by atoms with E-state index < -0.39 is 0 Å². The van der Waals surface area contributed by atoms with Crippen molar-refractivity contribution in [3.05, 3.63) is 23.3 Å². The van der Waals surface area contributed by atoms with Gasteiger partial charge in [0.05, 0.1) is 11.4 Å². The van der Waals surface area contributed by atoms with Gasteiger partial charge in [0.15, 0.2) is 0 Å². The fourth-order valence-electron chi connectivity index (χ4n) is 1.42. The molecule has 1 N–H and O–H groups in total. The molecule has 0 saturated heterocycles. The van der Waals surface area contributed by atoms with Gasteiger partial charge in [-0.3, -0.25) is 0 Å². The third-order valence-corrected chi connectivity index (χ3v) is 3.25. The van der Waals surface area contributed by atoms with Gasteiger partial charge in [-0.25, -0.2) is 9.97 Å². The fourth-order valence-corrected chi connectivity index (χ4v) is 2.16. The van der Waals surface area contributed by atoms with E-state index in [1.54, 1.807) is 0 Å². The second-order valence-corrected chi connectivity index (χ2v) is 4.85. The number of hydrogen-bond donors (Lipinski definition) is 1. The molecule has 0 amide bonds. The van der Waals surface area contributed by atoms with Crippen LogP contribution in [-0.2, 0) is 12.3 Å². The van der Waals surface area contributed by atoms with Gasteiger partial charge in [-0.15, -0.1) is 0 Å². The Morgan fingerprint density at radius 3 is 2.81 bits per heavy atom. The van der Waals surface area contributed by atoms with Crippen molar-refractivity contribution in [2.45, 2.75) is 39.5 Å². The summed E-state index contributed by atoms with van der Waals surface area (Å²) in [5.74, 6) is 3.07. The maximum atomic E-state index is 4.55. The maximum Gasteiger partial charge on any atom is 0.138 e. The summed E-state index contributed by atoms with van der Waals surface area (Å²) < 4.78 is 0. The molecule has 0 atom stereocenters.